The molecule has 170 valence electrons. The number of piperidine rings is 1. The molecule has 4 aliphatic rings. The second-order valence-corrected chi connectivity index (χ2v) is 10.3. The Balaban J connectivity index is 1.11. The van der Waals surface area contributed by atoms with Crippen molar-refractivity contribution in [2.75, 3.05) is 50.8 Å². The van der Waals surface area contributed by atoms with Crippen molar-refractivity contribution in [2.24, 2.45) is 5.92 Å². The first-order chi connectivity index (χ1) is 15.2. The van der Waals surface area contributed by atoms with Crippen molar-refractivity contribution in [1.29, 1.82) is 0 Å². The van der Waals surface area contributed by atoms with Crippen molar-refractivity contribution >= 4 is 11.6 Å². The van der Waals surface area contributed by atoms with Gasteiger partial charge in [0, 0.05) is 64.0 Å². The molecule has 1 atom stereocenters. The summed E-state index contributed by atoms with van der Waals surface area (Å²) >= 11 is 0. The number of ether oxygens (including phenoxy) is 1. The highest BCUT2D eigenvalue weighted by Crippen LogP contribution is 2.38. The molecule has 3 saturated heterocycles. The predicted octanol–water partition coefficient (Wildman–Crippen LogP) is 3.93. The molecule has 5 nitrogen and oxygen atoms in total. The smallest absolute Gasteiger partial charge is 0.222 e. The molecule has 3 aliphatic heterocycles. The summed E-state index contributed by atoms with van der Waals surface area (Å²) in [6.45, 7) is 7.15. The van der Waals surface area contributed by atoms with E-state index in [1.54, 1.807) is 0 Å². The molecule has 1 amide bonds. The lowest BCUT2D eigenvalue weighted by molar-refractivity contribution is -0.150. The second kappa shape index (κ2) is 9.50. The lowest BCUT2D eigenvalue weighted by Crippen LogP contribution is -2.57. The number of piperazine rings is 1. The summed E-state index contributed by atoms with van der Waals surface area (Å²) in [5, 5.41) is 0. The van der Waals surface area contributed by atoms with Gasteiger partial charge in [0.1, 0.15) is 0 Å². The minimum absolute atomic E-state index is 0.00359. The topological polar surface area (TPSA) is 36.0 Å². The largest absolute Gasteiger partial charge is 0.375 e. The Morgan fingerprint density at radius 3 is 2.35 bits per heavy atom. The Bertz CT molecular complexity index is 717. The van der Waals surface area contributed by atoms with Crippen molar-refractivity contribution in [3.63, 3.8) is 0 Å². The molecule has 3 heterocycles. The molecular formula is C26H39N3O2. The summed E-state index contributed by atoms with van der Waals surface area (Å²) in [6, 6.07) is 11.4. The van der Waals surface area contributed by atoms with Crippen molar-refractivity contribution in [3.05, 3.63) is 30.3 Å². The van der Waals surface area contributed by atoms with Crippen LogP contribution in [0.3, 0.4) is 0 Å². The van der Waals surface area contributed by atoms with Crippen LogP contribution in [0.25, 0.3) is 0 Å². The summed E-state index contributed by atoms with van der Waals surface area (Å²) in [6.07, 6.45) is 10.2. The van der Waals surface area contributed by atoms with Crippen LogP contribution in [0.5, 0.6) is 0 Å². The maximum Gasteiger partial charge on any atom is 0.222 e. The number of hydrogen-bond donors (Lipinski definition) is 0. The zero-order valence-corrected chi connectivity index (χ0v) is 19.0. The zero-order chi connectivity index (χ0) is 21.1. The van der Waals surface area contributed by atoms with E-state index in [9.17, 15) is 4.79 Å². The third kappa shape index (κ3) is 4.93. The predicted molar refractivity (Wildman–Crippen MR) is 124 cm³/mol. The SMILES string of the molecule is O=C(CC1CCCC1)N1CCC2(CC1)CC(N1CCN(c3ccccc3)CC1)CCO2. The van der Waals surface area contributed by atoms with Gasteiger partial charge in [-0.2, -0.15) is 0 Å². The van der Waals surface area contributed by atoms with E-state index in [-0.39, 0.29) is 5.60 Å². The minimum atomic E-state index is 0.00359. The average molecular weight is 426 g/mol. The first kappa shape index (κ1) is 21.3. The van der Waals surface area contributed by atoms with Crippen LogP contribution in [0, 0.1) is 5.92 Å². The van der Waals surface area contributed by atoms with E-state index < -0.39 is 0 Å². The minimum Gasteiger partial charge on any atom is -0.375 e. The van der Waals surface area contributed by atoms with Crippen LogP contribution in [0.4, 0.5) is 5.69 Å². The van der Waals surface area contributed by atoms with Crippen molar-refractivity contribution in [3.8, 4) is 0 Å². The molecule has 1 aromatic carbocycles. The van der Waals surface area contributed by atoms with Crippen LogP contribution < -0.4 is 4.90 Å². The highest BCUT2D eigenvalue weighted by atomic mass is 16.5. The van der Waals surface area contributed by atoms with Crippen LogP contribution in [-0.4, -0.2) is 73.2 Å². The first-order valence-electron chi connectivity index (χ1n) is 12.7. The summed E-state index contributed by atoms with van der Waals surface area (Å²) in [4.78, 5) is 20.1. The van der Waals surface area contributed by atoms with Gasteiger partial charge >= 0.3 is 0 Å². The highest BCUT2D eigenvalue weighted by Gasteiger charge is 2.43. The van der Waals surface area contributed by atoms with E-state index >= 15 is 0 Å². The number of benzene rings is 1. The quantitative estimate of drug-likeness (QED) is 0.732. The standard InChI is InChI=1S/C26H39N3O2/c30-25(20-22-6-4-5-7-22)29-13-11-26(12-14-29)21-24(10-19-31-26)28-17-15-27(16-18-28)23-8-2-1-3-9-23/h1-3,8-9,22,24H,4-7,10-21H2. The van der Waals surface area contributed by atoms with Gasteiger partial charge in [0.15, 0.2) is 0 Å². The monoisotopic (exact) mass is 425 g/mol. The van der Waals surface area contributed by atoms with Gasteiger partial charge in [-0.1, -0.05) is 31.0 Å². The fourth-order valence-corrected chi connectivity index (χ4v) is 6.40. The van der Waals surface area contributed by atoms with Gasteiger partial charge in [-0.25, -0.2) is 0 Å². The number of para-hydroxylation sites is 1. The second-order valence-electron chi connectivity index (χ2n) is 10.3. The fraction of sp³-hybridized carbons (Fsp3) is 0.731. The molecule has 0 N–H and O–H groups in total. The summed E-state index contributed by atoms with van der Waals surface area (Å²) in [7, 11) is 0. The molecule has 1 spiro atoms. The van der Waals surface area contributed by atoms with Gasteiger partial charge in [-0.05, 0) is 56.6 Å². The summed E-state index contributed by atoms with van der Waals surface area (Å²) in [5.74, 6) is 1.04. The maximum atomic E-state index is 12.8. The third-order valence-electron chi connectivity index (χ3n) is 8.38. The van der Waals surface area contributed by atoms with Crippen LogP contribution in [0.15, 0.2) is 30.3 Å². The molecule has 5 rings (SSSR count). The van der Waals surface area contributed by atoms with Gasteiger partial charge in [0.25, 0.3) is 0 Å². The third-order valence-corrected chi connectivity index (χ3v) is 8.38. The van der Waals surface area contributed by atoms with Gasteiger partial charge in [-0.3, -0.25) is 9.69 Å². The van der Waals surface area contributed by atoms with Crippen molar-refractivity contribution in [1.82, 2.24) is 9.80 Å². The van der Waals surface area contributed by atoms with Crippen LogP contribution in [0.2, 0.25) is 0 Å². The van der Waals surface area contributed by atoms with E-state index in [0.29, 0.717) is 17.9 Å². The van der Waals surface area contributed by atoms with Crippen LogP contribution in [0.1, 0.15) is 57.8 Å². The van der Waals surface area contributed by atoms with Crippen molar-refractivity contribution < 1.29 is 9.53 Å². The van der Waals surface area contributed by atoms with Crippen LogP contribution in [-0.2, 0) is 9.53 Å². The molecule has 0 aromatic heterocycles. The highest BCUT2D eigenvalue weighted by molar-refractivity contribution is 5.76. The van der Waals surface area contributed by atoms with E-state index in [2.05, 4.69) is 45.0 Å². The number of rotatable bonds is 4. The molecule has 1 unspecified atom stereocenters. The maximum absolute atomic E-state index is 12.8. The molecule has 5 heteroatoms. The fourth-order valence-electron chi connectivity index (χ4n) is 6.40. The number of likely N-dealkylation sites (tertiary alicyclic amines) is 1. The molecule has 1 saturated carbocycles. The molecule has 31 heavy (non-hydrogen) atoms. The number of amides is 1. The Hall–Kier alpha value is -1.59. The Morgan fingerprint density at radius 1 is 0.935 bits per heavy atom. The Labute approximate surface area is 187 Å². The number of anilines is 1. The molecule has 1 aromatic rings. The molecule has 1 aliphatic carbocycles. The van der Waals surface area contributed by atoms with Crippen LogP contribution >= 0.6 is 0 Å². The van der Waals surface area contributed by atoms with E-state index in [0.717, 1.165) is 78.0 Å². The van der Waals surface area contributed by atoms with E-state index in [1.165, 1.54) is 31.4 Å². The number of carbonyl (C=O) groups excluding carboxylic acids is 1. The van der Waals surface area contributed by atoms with Gasteiger partial charge in [0.2, 0.25) is 5.91 Å². The zero-order valence-electron chi connectivity index (χ0n) is 19.0. The van der Waals surface area contributed by atoms with E-state index in [1.807, 2.05) is 0 Å². The lowest BCUT2D eigenvalue weighted by atomic mass is 9.81. The number of carbonyl (C=O) groups is 1. The van der Waals surface area contributed by atoms with Gasteiger partial charge in [-0.15, -0.1) is 0 Å². The molecule has 0 bridgehead atoms. The summed E-state index contributed by atoms with van der Waals surface area (Å²) in [5.41, 5.74) is 1.35. The lowest BCUT2D eigenvalue weighted by Gasteiger charge is -2.50. The van der Waals surface area contributed by atoms with E-state index in [4.69, 9.17) is 4.74 Å². The number of nitrogens with zero attached hydrogens (tertiary/aromatic N) is 3. The normalized spacial score (nSPS) is 27.7. The molecular weight excluding hydrogens is 386 g/mol. The van der Waals surface area contributed by atoms with Crippen molar-refractivity contribution in [2.45, 2.75) is 69.4 Å². The molecule has 4 fully saturated rings. The van der Waals surface area contributed by atoms with Gasteiger partial charge < -0.3 is 14.5 Å². The van der Waals surface area contributed by atoms with Gasteiger partial charge in [0.05, 0.1) is 5.60 Å². The average Bonchev–Trinajstić information content (AvgIpc) is 3.33. The first-order valence-corrected chi connectivity index (χ1v) is 12.7. The molecule has 0 radical (unpaired) electrons. The summed E-state index contributed by atoms with van der Waals surface area (Å²) < 4.78 is 6.40. The number of hydrogen-bond acceptors (Lipinski definition) is 4. The Kier molecular flexibility index (Phi) is 6.51. The Morgan fingerprint density at radius 2 is 1.65 bits per heavy atom.